The summed E-state index contributed by atoms with van der Waals surface area (Å²) in [5, 5.41) is 8.74. The molecule has 0 unspecified atom stereocenters. The number of aromatic nitrogens is 3. The zero-order valence-electron chi connectivity index (χ0n) is 9.95. The molecule has 0 saturated heterocycles. The zero-order valence-corrected chi connectivity index (χ0v) is 9.95. The predicted octanol–water partition coefficient (Wildman–Crippen LogP) is 1.79. The molecule has 0 spiro atoms. The topological polar surface area (TPSA) is 81.8 Å². The first-order valence-electron chi connectivity index (χ1n) is 5.74. The van der Waals surface area contributed by atoms with Gasteiger partial charge in [0.05, 0.1) is 11.2 Å². The molecule has 0 atom stereocenters. The molecule has 5 nitrogen and oxygen atoms in total. The fraction of sp³-hybridized carbons (Fsp3) is 0. The number of benzene rings is 1. The average molecular weight is 250 g/mol. The number of carbonyl (C=O) groups excluding carboxylic acids is 1. The molecular weight excluding hydrogens is 240 g/mol. The summed E-state index contributed by atoms with van der Waals surface area (Å²) in [5.74, 6) is -0.612. The van der Waals surface area contributed by atoms with Gasteiger partial charge in [-0.3, -0.25) is 9.78 Å². The maximum absolute atomic E-state index is 11.5. The van der Waals surface area contributed by atoms with Gasteiger partial charge in [0.25, 0.3) is 5.91 Å². The summed E-state index contributed by atoms with van der Waals surface area (Å²) >= 11 is 0. The summed E-state index contributed by atoms with van der Waals surface area (Å²) < 4.78 is 0. The Balaban J connectivity index is 2.42. The van der Waals surface area contributed by atoms with E-state index in [1.54, 1.807) is 6.20 Å². The fourth-order valence-corrected chi connectivity index (χ4v) is 2.00. The van der Waals surface area contributed by atoms with Gasteiger partial charge in [0, 0.05) is 17.1 Å². The number of primary amides is 1. The van der Waals surface area contributed by atoms with Crippen LogP contribution in [-0.2, 0) is 0 Å². The van der Waals surface area contributed by atoms with Crippen molar-refractivity contribution in [2.75, 3.05) is 0 Å². The third-order valence-electron chi connectivity index (χ3n) is 2.82. The van der Waals surface area contributed by atoms with Crippen LogP contribution in [0.4, 0.5) is 0 Å². The van der Waals surface area contributed by atoms with E-state index in [2.05, 4.69) is 15.2 Å². The Labute approximate surface area is 109 Å². The van der Waals surface area contributed by atoms with Gasteiger partial charge in [-0.1, -0.05) is 24.3 Å². The number of fused-ring (bicyclic) bond motifs is 1. The molecule has 19 heavy (non-hydrogen) atoms. The Kier molecular flexibility index (Phi) is 2.64. The van der Waals surface area contributed by atoms with Crippen LogP contribution in [0, 0.1) is 0 Å². The molecule has 0 saturated carbocycles. The van der Waals surface area contributed by atoms with Crippen LogP contribution in [0.25, 0.3) is 22.2 Å². The quantitative estimate of drug-likeness (QED) is 0.751. The van der Waals surface area contributed by atoms with Crippen molar-refractivity contribution in [1.29, 1.82) is 0 Å². The van der Waals surface area contributed by atoms with Gasteiger partial charge in [-0.25, -0.2) is 0 Å². The second-order valence-corrected chi connectivity index (χ2v) is 4.02. The van der Waals surface area contributed by atoms with E-state index in [0.717, 1.165) is 5.39 Å². The van der Waals surface area contributed by atoms with Crippen molar-refractivity contribution in [2.24, 2.45) is 5.73 Å². The largest absolute Gasteiger partial charge is 0.364 e. The van der Waals surface area contributed by atoms with E-state index in [1.165, 1.54) is 0 Å². The standard InChI is InChI=1S/C14H10N4O/c15-14(19)13-12(11-7-3-4-8-16-11)9-5-1-2-6-10(9)17-18-13/h1-8H,(H2,15,19). The maximum Gasteiger partial charge on any atom is 0.269 e. The zero-order chi connectivity index (χ0) is 13.2. The van der Waals surface area contributed by atoms with E-state index in [9.17, 15) is 4.79 Å². The van der Waals surface area contributed by atoms with Crippen molar-refractivity contribution in [3.8, 4) is 11.3 Å². The highest BCUT2D eigenvalue weighted by Crippen LogP contribution is 2.27. The molecule has 0 bridgehead atoms. The van der Waals surface area contributed by atoms with Crippen LogP contribution in [0.5, 0.6) is 0 Å². The van der Waals surface area contributed by atoms with E-state index in [4.69, 9.17) is 5.73 Å². The predicted molar refractivity (Wildman–Crippen MR) is 71.3 cm³/mol. The number of pyridine rings is 1. The van der Waals surface area contributed by atoms with Crippen LogP contribution in [0.15, 0.2) is 48.7 Å². The molecule has 3 aromatic rings. The molecule has 0 aliphatic rings. The van der Waals surface area contributed by atoms with Gasteiger partial charge in [-0.15, -0.1) is 10.2 Å². The second-order valence-electron chi connectivity index (χ2n) is 4.02. The van der Waals surface area contributed by atoms with E-state index in [1.807, 2.05) is 42.5 Å². The van der Waals surface area contributed by atoms with Gasteiger partial charge < -0.3 is 5.73 Å². The molecule has 2 N–H and O–H groups in total. The summed E-state index contributed by atoms with van der Waals surface area (Å²) in [6.07, 6.45) is 1.66. The third kappa shape index (κ3) is 1.91. The number of nitrogens with zero attached hydrogens (tertiary/aromatic N) is 3. The van der Waals surface area contributed by atoms with Gasteiger partial charge in [-0.05, 0) is 18.2 Å². The van der Waals surface area contributed by atoms with Gasteiger partial charge in [0.1, 0.15) is 0 Å². The van der Waals surface area contributed by atoms with Gasteiger partial charge >= 0.3 is 0 Å². The van der Waals surface area contributed by atoms with E-state index < -0.39 is 5.91 Å². The first kappa shape index (κ1) is 11.3. The summed E-state index contributed by atoms with van der Waals surface area (Å²) in [7, 11) is 0. The number of amides is 1. The summed E-state index contributed by atoms with van der Waals surface area (Å²) in [6, 6.07) is 12.9. The normalized spacial score (nSPS) is 10.5. The molecule has 1 aromatic carbocycles. The van der Waals surface area contributed by atoms with Crippen molar-refractivity contribution in [3.63, 3.8) is 0 Å². The Morgan fingerprint density at radius 3 is 2.53 bits per heavy atom. The first-order valence-corrected chi connectivity index (χ1v) is 5.74. The SMILES string of the molecule is NC(=O)c1nnc2ccccc2c1-c1ccccn1. The summed E-state index contributed by atoms with van der Waals surface area (Å²) in [6.45, 7) is 0. The number of carbonyl (C=O) groups is 1. The van der Waals surface area contributed by atoms with Gasteiger partial charge in [0.2, 0.25) is 0 Å². The van der Waals surface area contributed by atoms with Crippen LogP contribution in [-0.4, -0.2) is 21.1 Å². The van der Waals surface area contributed by atoms with Crippen LogP contribution in [0.3, 0.4) is 0 Å². The number of hydrogen-bond acceptors (Lipinski definition) is 4. The van der Waals surface area contributed by atoms with Gasteiger partial charge in [-0.2, -0.15) is 0 Å². The smallest absolute Gasteiger partial charge is 0.269 e. The minimum Gasteiger partial charge on any atom is -0.364 e. The lowest BCUT2D eigenvalue weighted by atomic mass is 10.0. The third-order valence-corrected chi connectivity index (χ3v) is 2.82. The van der Waals surface area contributed by atoms with Crippen LogP contribution in [0.2, 0.25) is 0 Å². The molecule has 5 heteroatoms. The van der Waals surface area contributed by atoms with E-state index in [0.29, 0.717) is 16.8 Å². The lowest BCUT2D eigenvalue weighted by Crippen LogP contribution is -2.16. The van der Waals surface area contributed by atoms with Crippen LogP contribution < -0.4 is 5.73 Å². The Morgan fingerprint density at radius 1 is 1.00 bits per heavy atom. The van der Waals surface area contributed by atoms with Crippen LogP contribution in [0.1, 0.15) is 10.5 Å². The highest BCUT2D eigenvalue weighted by atomic mass is 16.1. The minimum atomic E-state index is -0.612. The lowest BCUT2D eigenvalue weighted by Gasteiger charge is -2.08. The van der Waals surface area contributed by atoms with Gasteiger partial charge in [0.15, 0.2) is 5.69 Å². The second kappa shape index (κ2) is 4.45. The number of hydrogen-bond donors (Lipinski definition) is 1. The summed E-state index contributed by atoms with van der Waals surface area (Å²) in [5.41, 5.74) is 7.49. The molecule has 92 valence electrons. The Morgan fingerprint density at radius 2 is 1.79 bits per heavy atom. The average Bonchev–Trinajstić information content (AvgIpc) is 2.46. The molecular formula is C14H10N4O. The van der Waals surface area contributed by atoms with Crippen molar-refractivity contribution in [1.82, 2.24) is 15.2 Å². The minimum absolute atomic E-state index is 0.136. The molecule has 1 amide bonds. The van der Waals surface area contributed by atoms with E-state index >= 15 is 0 Å². The molecule has 0 aliphatic heterocycles. The highest BCUT2D eigenvalue weighted by Gasteiger charge is 2.17. The van der Waals surface area contributed by atoms with Crippen molar-refractivity contribution < 1.29 is 4.79 Å². The Bertz CT molecular complexity index is 756. The summed E-state index contributed by atoms with van der Waals surface area (Å²) in [4.78, 5) is 15.8. The van der Waals surface area contributed by atoms with E-state index in [-0.39, 0.29) is 5.69 Å². The molecule has 2 heterocycles. The van der Waals surface area contributed by atoms with Crippen molar-refractivity contribution in [2.45, 2.75) is 0 Å². The molecule has 3 rings (SSSR count). The fourth-order valence-electron chi connectivity index (χ4n) is 2.00. The molecule has 0 aliphatic carbocycles. The van der Waals surface area contributed by atoms with Crippen molar-refractivity contribution in [3.05, 3.63) is 54.4 Å². The monoisotopic (exact) mass is 250 g/mol. The number of rotatable bonds is 2. The first-order chi connectivity index (χ1) is 9.27. The number of nitrogens with two attached hydrogens (primary N) is 1. The van der Waals surface area contributed by atoms with Crippen LogP contribution >= 0.6 is 0 Å². The highest BCUT2D eigenvalue weighted by molar-refractivity contribution is 6.05. The molecule has 0 radical (unpaired) electrons. The molecule has 0 fully saturated rings. The Hall–Kier alpha value is -2.82. The van der Waals surface area contributed by atoms with Crippen molar-refractivity contribution >= 4 is 16.8 Å². The lowest BCUT2D eigenvalue weighted by molar-refractivity contribution is 0.0995. The molecule has 2 aromatic heterocycles. The maximum atomic E-state index is 11.5.